The van der Waals surface area contributed by atoms with Gasteiger partial charge in [0.25, 0.3) is 5.91 Å². The molecule has 2 aromatic rings. The van der Waals surface area contributed by atoms with E-state index in [1.54, 1.807) is 0 Å². The van der Waals surface area contributed by atoms with Crippen LogP contribution >= 0.6 is 11.3 Å². The van der Waals surface area contributed by atoms with Crippen LogP contribution in [0.2, 0.25) is 0 Å². The third-order valence-electron chi connectivity index (χ3n) is 2.57. The second kappa shape index (κ2) is 6.19. The number of amides is 1. The van der Waals surface area contributed by atoms with E-state index >= 15 is 0 Å². The first-order valence-electron chi connectivity index (χ1n) is 5.86. The summed E-state index contributed by atoms with van der Waals surface area (Å²) in [5, 5.41) is 4.80. The van der Waals surface area contributed by atoms with Crippen molar-refractivity contribution >= 4 is 22.9 Å². The van der Waals surface area contributed by atoms with Crippen LogP contribution in [0.5, 0.6) is 0 Å². The van der Waals surface area contributed by atoms with Crippen molar-refractivity contribution in [2.24, 2.45) is 5.73 Å². The van der Waals surface area contributed by atoms with Crippen molar-refractivity contribution in [1.82, 2.24) is 0 Å². The predicted octanol–water partition coefficient (Wildman–Crippen LogP) is 2.62. The van der Waals surface area contributed by atoms with Crippen LogP contribution in [0.15, 0.2) is 35.7 Å². The third-order valence-corrected chi connectivity index (χ3v) is 3.58. The summed E-state index contributed by atoms with van der Waals surface area (Å²) in [5.41, 5.74) is 7.83. The number of anilines is 1. The fraction of sp³-hybridized carbons (Fsp3) is 0.133. The Labute approximate surface area is 116 Å². The minimum Gasteiger partial charge on any atom is -0.320 e. The summed E-state index contributed by atoms with van der Waals surface area (Å²) in [7, 11) is 0. The van der Waals surface area contributed by atoms with Gasteiger partial charge in [-0.15, -0.1) is 11.3 Å². The van der Waals surface area contributed by atoms with E-state index in [1.807, 2.05) is 42.6 Å². The maximum Gasteiger partial charge on any atom is 0.266 e. The first kappa shape index (κ1) is 13.3. The maximum absolute atomic E-state index is 12.1. The number of carbonyl (C=O) groups is 1. The maximum atomic E-state index is 12.1. The number of nitrogens with two attached hydrogens (primary N) is 1. The Bertz CT molecular complexity index is 649. The molecule has 2 rings (SSSR count). The topological polar surface area (TPSA) is 55.1 Å². The van der Waals surface area contributed by atoms with E-state index in [1.165, 1.54) is 11.3 Å². The highest BCUT2D eigenvalue weighted by molar-refractivity contribution is 7.12. The zero-order valence-corrected chi connectivity index (χ0v) is 11.4. The van der Waals surface area contributed by atoms with Gasteiger partial charge in [0.2, 0.25) is 0 Å². The Hall–Kier alpha value is -2.09. The molecule has 3 nitrogen and oxygen atoms in total. The Balaban J connectivity index is 2.24. The third kappa shape index (κ3) is 3.22. The van der Waals surface area contributed by atoms with Crippen molar-refractivity contribution in [3.63, 3.8) is 0 Å². The van der Waals surface area contributed by atoms with Gasteiger partial charge in [0.05, 0.1) is 17.1 Å². The minimum absolute atomic E-state index is 0.102. The minimum atomic E-state index is -0.102. The van der Waals surface area contributed by atoms with E-state index in [0.717, 1.165) is 16.0 Å². The van der Waals surface area contributed by atoms with Crippen LogP contribution in [0.3, 0.4) is 0 Å². The molecule has 4 heteroatoms. The Morgan fingerprint density at radius 3 is 2.84 bits per heavy atom. The molecule has 1 amide bonds. The normalized spacial score (nSPS) is 9.58. The van der Waals surface area contributed by atoms with E-state index in [-0.39, 0.29) is 5.91 Å². The summed E-state index contributed by atoms with van der Waals surface area (Å²) in [4.78, 5) is 12.9. The molecule has 0 radical (unpaired) electrons. The lowest BCUT2D eigenvalue weighted by Crippen LogP contribution is -2.12. The van der Waals surface area contributed by atoms with Crippen molar-refractivity contribution in [3.8, 4) is 11.8 Å². The van der Waals surface area contributed by atoms with Crippen molar-refractivity contribution < 1.29 is 4.79 Å². The second-order valence-corrected chi connectivity index (χ2v) is 4.85. The van der Waals surface area contributed by atoms with Crippen LogP contribution in [0.4, 0.5) is 5.69 Å². The molecule has 0 aliphatic rings. The van der Waals surface area contributed by atoms with E-state index in [9.17, 15) is 4.79 Å². The molecule has 19 heavy (non-hydrogen) atoms. The van der Waals surface area contributed by atoms with Gasteiger partial charge in [-0.05, 0) is 36.1 Å². The number of aryl methyl sites for hydroxylation is 1. The van der Waals surface area contributed by atoms with Gasteiger partial charge in [-0.1, -0.05) is 24.0 Å². The average Bonchev–Trinajstić information content (AvgIpc) is 2.84. The SMILES string of the molecule is Cc1ccsc1C(=O)Nc1ccccc1C#CCN. The zero-order chi connectivity index (χ0) is 13.7. The molecule has 0 saturated carbocycles. The van der Waals surface area contributed by atoms with Gasteiger partial charge in [0.1, 0.15) is 0 Å². The summed E-state index contributed by atoms with van der Waals surface area (Å²) in [6, 6.07) is 9.37. The summed E-state index contributed by atoms with van der Waals surface area (Å²) < 4.78 is 0. The lowest BCUT2D eigenvalue weighted by molar-refractivity contribution is 0.103. The van der Waals surface area contributed by atoms with Gasteiger partial charge in [-0.25, -0.2) is 0 Å². The lowest BCUT2D eigenvalue weighted by Gasteiger charge is -2.06. The number of hydrogen-bond acceptors (Lipinski definition) is 3. The van der Waals surface area contributed by atoms with Crippen LogP contribution in [0.1, 0.15) is 20.8 Å². The number of carbonyl (C=O) groups excluding carboxylic acids is 1. The van der Waals surface area contributed by atoms with E-state index in [0.29, 0.717) is 12.2 Å². The number of rotatable bonds is 2. The summed E-state index contributed by atoms with van der Waals surface area (Å²) in [6.07, 6.45) is 0. The molecule has 0 aliphatic carbocycles. The zero-order valence-electron chi connectivity index (χ0n) is 10.6. The van der Waals surface area contributed by atoms with Gasteiger partial charge in [-0.2, -0.15) is 0 Å². The summed E-state index contributed by atoms with van der Waals surface area (Å²) in [6.45, 7) is 2.22. The Morgan fingerprint density at radius 1 is 1.37 bits per heavy atom. The predicted molar refractivity (Wildman–Crippen MR) is 79.4 cm³/mol. The largest absolute Gasteiger partial charge is 0.320 e. The molecule has 0 aliphatic heterocycles. The summed E-state index contributed by atoms with van der Waals surface area (Å²) in [5.74, 6) is 5.64. The molecule has 1 aromatic carbocycles. The average molecular weight is 270 g/mol. The summed E-state index contributed by atoms with van der Waals surface area (Å²) >= 11 is 1.43. The Kier molecular flexibility index (Phi) is 4.35. The van der Waals surface area contributed by atoms with Gasteiger partial charge >= 0.3 is 0 Å². The Morgan fingerprint density at radius 2 is 2.16 bits per heavy atom. The smallest absolute Gasteiger partial charge is 0.266 e. The molecule has 1 heterocycles. The van der Waals surface area contributed by atoms with Crippen molar-refractivity contribution in [1.29, 1.82) is 0 Å². The number of benzene rings is 1. The van der Waals surface area contributed by atoms with E-state index < -0.39 is 0 Å². The van der Waals surface area contributed by atoms with Crippen LogP contribution in [-0.2, 0) is 0 Å². The second-order valence-electron chi connectivity index (χ2n) is 3.94. The molecule has 0 bridgehead atoms. The molecule has 3 N–H and O–H groups in total. The molecular formula is C15H14N2OS. The molecular weight excluding hydrogens is 256 g/mol. The van der Waals surface area contributed by atoms with Crippen LogP contribution in [0, 0.1) is 18.8 Å². The van der Waals surface area contributed by atoms with Gasteiger partial charge in [-0.3, -0.25) is 4.79 Å². The highest BCUT2D eigenvalue weighted by Gasteiger charge is 2.11. The fourth-order valence-corrected chi connectivity index (χ4v) is 2.45. The first-order chi connectivity index (χ1) is 9.22. The lowest BCUT2D eigenvalue weighted by atomic mass is 10.1. The van der Waals surface area contributed by atoms with E-state index in [2.05, 4.69) is 17.2 Å². The number of para-hydroxylation sites is 1. The highest BCUT2D eigenvalue weighted by Crippen LogP contribution is 2.19. The molecule has 0 atom stereocenters. The van der Waals surface area contributed by atoms with E-state index in [4.69, 9.17) is 5.73 Å². The van der Waals surface area contributed by atoms with Crippen molar-refractivity contribution in [2.75, 3.05) is 11.9 Å². The molecule has 0 unspecified atom stereocenters. The van der Waals surface area contributed by atoms with Crippen molar-refractivity contribution in [3.05, 3.63) is 51.7 Å². The quantitative estimate of drug-likeness (QED) is 0.824. The number of nitrogens with one attached hydrogen (secondary N) is 1. The molecule has 96 valence electrons. The standard InChI is InChI=1S/C15H14N2OS/c1-11-8-10-19-14(11)15(18)17-13-7-3-2-5-12(13)6-4-9-16/h2-3,5,7-8,10H,9,16H2,1H3,(H,17,18). The van der Waals surface area contributed by atoms with Crippen LogP contribution in [0.25, 0.3) is 0 Å². The van der Waals surface area contributed by atoms with Gasteiger partial charge in [0.15, 0.2) is 0 Å². The number of thiophene rings is 1. The van der Waals surface area contributed by atoms with Crippen molar-refractivity contribution in [2.45, 2.75) is 6.92 Å². The van der Waals surface area contributed by atoms with Crippen LogP contribution < -0.4 is 11.1 Å². The molecule has 0 fully saturated rings. The highest BCUT2D eigenvalue weighted by atomic mass is 32.1. The monoisotopic (exact) mass is 270 g/mol. The van der Waals surface area contributed by atoms with Crippen LogP contribution in [-0.4, -0.2) is 12.5 Å². The first-order valence-corrected chi connectivity index (χ1v) is 6.73. The van der Waals surface area contributed by atoms with Gasteiger partial charge in [0, 0.05) is 5.56 Å². The molecule has 0 saturated heterocycles. The number of hydrogen-bond donors (Lipinski definition) is 2. The fourth-order valence-electron chi connectivity index (χ4n) is 1.63. The molecule has 0 spiro atoms. The van der Waals surface area contributed by atoms with Gasteiger partial charge < -0.3 is 11.1 Å². The molecule has 1 aromatic heterocycles.